The number of fused-ring (bicyclic) bond motifs is 1. The van der Waals surface area contributed by atoms with Gasteiger partial charge in [0.05, 0.1) is 4.88 Å². The summed E-state index contributed by atoms with van der Waals surface area (Å²) in [6.07, 6.45) is 0.885. The Hall–Kier alpha value is -1.82. The van der Waals surface area contributed by atoms with E-state index < -0.39 is 6.03 Å². The molecule has 0 aliphatic carbocycles. The van der Waals surface area contributed by atoms with E-state index in [4.69, 9.17) is 5.73 Å². The van der Waals surface area contributed by atoms with Crippen molar-refractivity contribution >= 4 is 23.2 Å². The zero-order chi connectivity index (χ0) is 11.1. The zero-order valence-corrected chi connectivity index (χ0v) is 9.25. The molecule has 0 saturated carbocycles. The third-order valence-electron chi connectivity index (χ3n) is 2.61. The molecule has 0 spiro atoms. The smallest absolute Gasteiger partial charge is 0.341 e. The fraction of sp³-hybridized carbons (Fsp3) is 0.200. The predicted molar refractivity (Wildman–Crippen MR) is 62.7 cm³/mol. The molecule has 16 heavy (non-hydrogen) atoms. The van der Waals surface area contributed by atoms with Crippen molar-refractivity contribution < 1.29 is 4.79 Å². The molecule has 0 unspecified atom stereocenters. The van der Waals surface area contributed by atoms with Crippen LogP contribution in [-0.2, 0) is 6.42 Å². The summed E-state index contributed by atoms with van der Waals surface area (Å²) in [5.41, 5.74) is 7.23. The van der Waals surface area contributed by atoms with Crippen molar-refractivity contribution in [1.29, 1.82) is 0 Å². The summed E-state index contributed by atoms with van der Waals surface area (Å²) >= 11 is 1.61. The van der Waals surface area contributed by atoms with E-state index >= 15 is 0 Å². The SMILES string of the molecule is NC(=O)n1nc(-c2cccs2)c2c1NCC2. The number of thiophene rings is 1. The summed E-state index contributed by atoms with van der Waals surface area (Å²) in [4.78, 5) is 12.3. The number of aromatic nitrogens is 2. The van der Waals surface area contributed by atoms with Gasteiger partial charge in [-0.1, -0.05) is 6.07 Å². The van der Waals surface area contributed by atoms with Crippen LogP contribution in [0.2, 0.25) is 0 Å². The molecule has 1 aliphatic heterocycles. The topological polar surface area (TPSA) is 72.9 Å². The number of anilines is 1. The van der Waals surface area contributed by atoms with Crippen LogP contribution < -0.4 is 11.1 Å². The molecule has 6 heteroatoms. The Bertz CT molecular complexity index is 543. The van der Waals surface area contributed by atoms with Gasteiger partial charge in [-0.25, -0.2) is 4.79 Å². The molecule has 5 nitrogen and oxygen atoms in total. The van der Waals surface area contributed by atoms with Gasteiger partial charge in [-0.2, -0.15) is 9.78 Å². The molecule has 3 heterocycles. The molecule has 0 bridgehead atoms. The summed E-state index contributed by atoms with van der Waals surface area (Å²) in [5, 5.41) is 9.39. The minimum absolute atomic E-state index is 0.548. The van der Waals surface area contributed by atoms with Crippen LogP contribution in [0.25, 0.3) is 10.6 Å². The third kappa shape index (κ3) is 1.23. The van der Waals surface area contributed by atoms with E-state index in [2.05, 4.69) is 10.4 Å². The number of hydrogen-bond acceptors (Lipinski definition) is 4. The number of nitrogens with one attached hydrogen (secondary N) is 1. The molecule has 0 fully saturated rings. The van der Waals surface area contributed by atoms with Gasteiger partial charge >= 0.3 is 6.03 Å². The van der Waals surface area contributed by atoms with Gasteiger partial charge in [0.15, 0.2) is 0 Å². The highest BCUT2D eigenvalue weighted by atomic mass is 32.1. The van der Waals surface area contributed by atoms with Gasteiger partial charge in [0.1, 0.15) is 11.5 Å². The number of hydrogen-bond donors (Lipinski definition) is 2. The second kappa shape index (κ2) is 3.34. The highest BCUT2D eigenvalue weighted by molar-refractivity contribution is 7.13. The van der Waals surface area contributed by atoms with Crippen LogP contribution >= 0.6 is 11.3 Å². The molecule has 82 valence electrons. The van der Waals surface area contributed by atoms with Gasteiger partial charge in [-0.3, -0.25) is 0 Å². The lowest BCUT2D eigenvalue weighted by molar-refractivity contribution is 0.248. The monoisotopic (exact) mass is 234 g/mol. The van der Waals surface area contributed by atoms with Crippen LogP contribution in [0.15, 0.2) is 17.5 Å². The molecule has 0 saturated heterocycles. The normalized spacial score (nSPS) is 13.5. The second-order valence-corrected chi connectivity index (χ2v) is 4.53. The molecule has 1 amide bonds. The first kappa shape index (κ1) is 9.41. The van der Waals surface area contributed by atoms with Crippen molar-refractivity contribution in [3.05, 3.63) is 23.1 Å². The summed E-state index contributed by atoms with van der Waals surface area (Å²) < 4.78 is 1.25. The number of rotatable bonds is 1. The van der Waals surface area contributed by atoms with Crippen LogP contribution in [0.1, 0.15) is 5.56 Å². The Labute approximate surface area is 95.9 Å². The maximum atomic E-state index is 11.2. The lowest BCUT2D eigenvalue weighted by Crippen LogP contribution is -2.22. The molecule has 2 aromatic heterocycles. The Morgan fingerprint density at radius 2 is 2.50 bits per heavy atom. The molecule has 3 rings (SSSR count). The van der Waals surface area contributed by atoms with Gasteiger partial charge in [0, 0.05) is 12.1 Å². The van der Waals surface area contributed by atoms with Crippen LogP contribution in [0.4, 0.5) is 10.6 Å². The summed E-state index contributed by atoms with van der Waals surface area (Å²) in [6, 6.07) is 3.42. The minimum atomic E-state index is -0.548. The Balaban J connectivity index is 2.20. The van der Waals surface area contributed by atoms with Crippen molar-refractivity contribution in [2.75, 3.05) is 11.9 Å². The quantitative estimate of drug-likeness (QED) is 0.785. The van der Waals surface area contributed by atoms with Gasteiger partial charge in [0.2, 0.25) is 0 Å². The Morgan fingerprint density at radius 3 is 3.19 bits per heavy atom. The van der Waals surface area contributed by atoms with Gasteiger partial charge < -0.3 is 11.1 Å². The number of nitrogens with zero attached hydrogens (tertiary/aromatic N) is 2. The fourth-order valence-electron chi connectivity index (χ4n) is 1.95. The van der Waals surface area contributed by atoms with E-state index in [-0.39, 0.29) is 0 Å². The number of amides is 1. The van der Waals surface area contributed by atoms with Gasteiger partial charge in [0.25, 0.3) is 0 Å². The molecule has 0 aromatic carbocycles. The van der Waals surface area contributed by atoms with Crippen molar-refractivity contribution in [3.8, 4) is 10.6 Å². The maximum Gasteiger partial charge on any atom is 0.341 e. The van der Waals surface area contributed by atoms with Gasteiger partial charge in [-0.15, -0.1) is 11.3 Å². The van der Waals surface area contributed by atoms with E-state index in [1.165, 1.54) is 4.68 Å². The predicted octanol–water partition coefficient (Wildman–Crippen LogP) is 1.51. The van der Waals surface area contributed by atoms with Crippen molar-refractivity contribution in [1.82, 2.24) is 9.78 Å². The molecule has 1 aliphatic rings. The number of nitrogens with two attached hydrogens (primary N) is 1. The molecular formula is C10H10N4OS. The van der Waals surface area contributed by atoms with Crippen molar-refractivity contribution in [2.24, 2.45) is 5.73 Å². The first-order chi connectivity index (χ1) is 7.77. The zero-order valence-electron chi connectivity index (χ0n) is 8.43. The number of carbonyl (C=O) groups is 1. The van der Waals surface area contributed by atoms with E-state index in [1.54, 1.807) is 11.3 Å². The number of carbonyl (C=O) groups excluding carboxylic acids is 1. The summed E-state index contributed by atoms with van der Waals surface area (Å²) in [7, 11) is 0. The second-order valence-electron chi connectivity index (χ2n) is 3.58. The molecular weight excluding hydrogens is 224 g/mol. The average Bonchev–Trinajstić information content (AvgIpc) is 2.93. The van der Waals surface area contributed by atoms with Crippen molar-refractivity contribution in [2.45, 2.75) is 6.42 Å². The highest BCUT2D eigenvalue weighted by Gasteiger charge is 2.25. The third-order valence-corrected chi connectivity index (χ3v) is 3.49. The van der Waals surface area contributed by atoms with E-state index in [0.717, 1.165) is 34.9 Å². The largest absolute Gasteiger partial charge is 0.369 e. The minimum Gasteiger partial charge on any atom is -0.369 e. The van der Waals surface area contributed by atoms with E-state index in [0.29, 0.717) is 0 Å². The number of primary amides is 1. The van der Waals surface area contributed by atoms with E-state index in [1.807, 2.05) is 17.5 Å². The summed E-state index contributed by atoms with van der Waals surface area (Å²) in [5.74, 6) is 0.746. The fourth-order valence-corrected chi connectivity index (χ4v) is 2.68. The van der Waals surface area contributed by atoms with Crippen LogP contribution in [0.5, 0.6) is 0 Å². The first-order valence-corrected chi connectivity index (χ1v) is 5.85. The molecule has 0 radical (unpaired) electrons. The van der Waals surface area contributed by atoms with Crippen LogP contribution in [0, 0.1) is 0 Å². The lowest BCUT2D eigenvalue weighted by atomic mass is 10.2. The summed E-state index contributed by atoms with van der Waals surface area (Å²) in [6.45, 7) is 0.832. The van der Waals surface area contributed by atoms with Crippen molar-refractivity contribution in [3.63, 3.8) is 0 Å². The molecule has 2 aromatic rings. The van der Waals surface area contributed by atoms with Gasteiger partial charge in [-0.05, 0) is 17.9 Å². The Kier molecular flexibility index (Phi) is 1.97. The Morgan fingerprint density at radius 1 is 1.62 bits per heavy atom. The van der Waals surface area contributed by atoms with E-state index in [9.17, 15) is 4.79 Å². The first-order valence-electron chi connectivity index (χ1n) is 4.97. The standard InChI is InChI=1S/C10H10N4OS/c11-10(15)14-9-6(3-4-12-9)8(13-14)7-2-1-5-16-7/h1-2,5,12H,3-4H2,(H2,11,15). The molecule has 0 atom stereocenters. The lowest BCUT2D eigenvalue weighted by Gasteiger charge is -1.99. The van der Waals surface area contributed by atoms with Crippen LogP contribution in [-0.4, -0.2) is 22.4 Å². The maximum absolute atomic E-state index is 11.2. The van der Waals surface area contributed by atoms with Crippen LogP contribution in [0.3, 0.4) is 0 Å². The average molecular weight is 234 g/mol. The molecule has 3 N–H and O–H groups in total. The highest BCUT2D eigenvalue weighted by Crippen LogP contribution is 2.34.